The molecule has 0 aliphatic carbocycles. The molecule has 0 fully saturated rings. The van der Waals surface area contributed by atoms with Crippen LogP contribution in [0, 0.1) is 5.92 Å². The summed E-state index contributed by atoms with van der Waals surface area (Å²) >= 11 is 0. The van der Waals surface area contributed by atoms with Gasteiger partial charge >= 0.3 is 0 Å². The van der Waals surface area contributed by atoms with Crippen LogP contribution >= 0.6 is 0 Å². The molecule has 2 aromatic carbocycles. The normalized spacial score (nSPS) is 15.5. The molecule has 0 saturated heterocycles. The van der Waals surface area contributed by atoms with Gasteiger partial charge in [0.2, 0.25) is 11.8 Å². The Morgan fingerprint density at radius 2 is 1.93 bits per heavy atom. The molecule has 1 atom stereocenters. The smallest absolute Gasteiger partial charge is 0.253 e. The van der Waals surface area contributed by atoms with Crippen LogP contribution in [0.25, 0.3) is 0 Å². The molecule has 0 radical (unpaired) electrons. The molecule has 6 nitrogen and oxygen atoms in total. The lowest BCUT2D eigenvalue weighted by Crippen LogP contribution is -2.30. The first-order chi connectivity index (χ1) is 12.9. The zero-order valence-electron chi connectivity index (χ0n) is 15.5. The second-order valence-corrected chi connectivity index (χ2v) is 6.91. The SMILES string of the molecule is CN(C)C(=O)c1cccc(NC(=O)CCC2Cc3ccccc3NC2=O)c1. The summed E-state index contributed by atoms with van der Waals surface area (Å²) in [6, 6.07) is 14.6. The topological polar surface area (TPSA) is 78.5 Å². The molecule has 6 heteroatoms. The highest BCUT2D eigenvalue weighted by atomic mass is 16.2. The highest BCUT2D eigenvalue weighted by molar-refractivity contribution is 5.98. The van der Waals surface area contributed by atoms with E-state index in [0.717, 1.165) is 11.3 Å². The molecule has 0 aromatic heterocycles. The molecule has 3 amide bonds. The van der Waals surface area contributed by atoms with Crippen LogP contribution in [0.3, 0.4) is 0 Å². The number of fused-ring (bicyclic) bond motifs is 1. The number of nitrogens with one attached hydrogen (secondary N) is 2. The second kappa shape index (κ2) is 8.03. The summed E-state index contributed by atoms with van der Waals surface area (Å²) in [7, 11) is 3.36. The Hall–Kier alpha value is -3.15. The maximum Gasteiger partial charge on any atom is 0.253 e. The van der Waals surface area contributed by atoms with E-state index >= 15 is 0 Å². The predicted molar refractivity (Wildman–Crippen MR) is 105 cm³/mol. The van der Waals surface area contributed by atoms with Crippen LogP contribution in [0.4, 0.5) is 11.4 Å². The second-order valence-electron chi connectivity index (χ2n) is 6.91. The van der Waals surface area contributed by atoms with Crippen molar-refractivity contribution in [2.24, 2.45) is 5.92 Å². The third kappa shape index (κ3) is 4.53. The van der Waals surface area contributed by atoms with E-state index in [4.69, 9.17) is 0 Å². The number of nitrogens with zero attached hydrogens (tertiary/aromatic N) is 1. The van der Waals surface area contributed by atoms with Gasteiger partial charge in [-0.25, -0.2) is 0 Å². The lowest BCUT2D eigenvalue weighted by atomic mass is 9.89. The summed E-state index contributed by atoms with van der Waals surface area (Å²) < 4.78 is 0. The Morgan fingerprint density at radius 3 is 2.70 bits per heavy atom. The number of carbonyl (C=O) groups is 3. The first kappa shape index (κ1) is 18.6. The lowest BCUT2D eigenvalue weighted by molar-refractivity contribution is -0.121. The van der Waals surface area contributed by atoms with Crippen molar-refractivity contribution in [3.8, 4) is 0 Å². The van der Waals surface area contributed by atoms with Gasteiger partial charge in [-0.3, -0.25) is 14.4 Å². The minimum Gasteiger partial charge on any atom is -0.345 e. The van der Waals surface area contributed by atoms with Crippen molar-refractivity contribution in [3.05, 3.63) is 59.7 Å². The average molecular weight is 365 g/mol. The van der Waals surface area contributed by atoms with E-state index < -0.39 is 0 Å². The van der Waals surface area contributed by atoms with E-state index in [2.05, 4.69) is 10.6 Å². The van der Waals surface area contributed by atoms with Gasteiger partial charge in [-0.05, 0) is 42.7 Å². The molecule has 140 valence electrons. The average Bonchev–Trinajstić information content (AvgIpc) is 2.65. The minimum atomic E-state index is -0.215. The molecule has 2 aromatic rings. The fourth-order valence-corrected chi connectivity index (χ4v) is 3.16. The van der Waals surface area contributed by atoms with Crippen molar-refractivity contribution in [3.63, 3.8) is 0 Å². The molecule has 1 unspecified atom stereocenters. The Labute approximate surface area is 158 Å². The van der Waals surface area contributed by atoms with Gasteiger partial charge in [-0.2, -0.15) is 0 Å². The maximum atomic E-state index is 12.3. The molecular weight excluding hydrogens is 342 g/mol. The quantitative estimate of drug-likeness (QED) is 0.855. The Bertz CT molecular complexity index is 876. The van der Waals surface area contributed by atoms with Gasteiger partial charge < -0.3 is 15.5 Å². The van der Waals surface area contributed by atoms with E-state index in [1.807, 2.05) is 24.3 Å². The standard InChI is InChI=1S/C21H23N3O3/c1-24(2)21(27)16-7-5-8-17(13-16)22-19(25)11-10-15-12-14-6-3-4-9-18(14)23-20(15)26/h3-9,13,15H,10-12H2,1-2H3,(H,22,25)(H,23,26). The summed E-state index contributed by atoms with van der Waals surface area (Å²) in [6.45, 7) is 0. The van der Waals surface area contributed by atoms with E-state index in [0.29, 0.717) is 24.1 Å². The van der Waals surface area contributed by atoms with Crippen molar-refractivity contribution in [1.82, 2.24) is 4.90 Å². The Balaban J connectivity index is 1.57. The minimum absolute atomic E-state index is 0.0416. The lowest BCUT2D eigenvalue weighted by Gasteiger charge is -2.24. The van der Waals surface area contributed by atoms with Crippen molar-refractivity contribution in [1.29, 1.82) is 0 Å². The summed E-state index contributed by atoms with van der Waals surface area (Å²) in [6.07, 6.45) is 1.36. The first-order valence-electron chi connectivity index (χ1n) is 8.94. The van der Waals surface area contributed by atoms with Gasteiger partial charge in [0.05, 0.1) is 0 Å². The number of benzene rings is 2. The molecule has 0 saturated carbocycles. The van der Waals surface area contributed by atoms with Gasteiger partial charge in [-0.15, -0.1) is 0 Å². The molecule has 0 bridgehead atoms. The number of carbonyl (C=O) groups excluding carboxylic acids is 3. The fourth-order valence-electron chi connectivity index (χ4n) is 3.16. The highest BCUT2D eigenvalue weighted by Gasteiger charge is 2.26. The summed E-state index contributed by atoms with van der Waals surface area (Å²) in [5.74, 6) is -0.549. The summed E-state index contributed by atoms with van der Waals surface area (Å²) in [5, 5.41) is 5.71. The summed E-state index contributed by atoms with van der Waals surface area (Å²) in [4.78, 5) is 38.0. The molecule has 2 N–H and O–H groups in total. The zero-order valence-corrected chi connectivity index (χ0v) is 15.5. The van der Waals surface area contributed by atoms with Crippen molar-refractivity contribution >= 4 is 29.1 Å². The van der Waals surface area contributed by atoms with E-state index in [9.17, 15) is 14.4 Å². The molecule has 1 aliphatic rings. The maximum absolute atomic E-state index is 12.3. The zero-order chi connectivity index (χ0) is 19.4. The highest BCUT2D eigenvalue weighted by Crippen LogP contribution is 2.27. The van der Waals surface area contributed by atoms with Crippen LogP contribution in [0.5, 0.6) is 0 Å². The van der Waals surface area contributed by atoms with Gasteiger partial charge in [0.15, 0.2) is 0 Å². The van der Waals surface area contributed by atoms with Crippen LogP contribution < -0.4 is 10.6 Å². The monoisotopic (exact) mass is 365 g/mol. The first-order valence-corrected chi connectivity index (χ1v) is 8.94. The third-order valence-electron chi connectivity index (χ3n) is 4.63. The van der Waals surface area contributed by atoms with Gasteiger partial charge in [0, 0.05) is 43.4 Å². The summed E-state index contributed by atoms with van der Waals surface area (Å²) in [5.41, 5.74) is 3.04. The molecule has 27 heavy (non-hydrogen) atoms. The van der Waals surface area contributed by atoms with Gasteiger partial charge in [0.1, 0.15) is 0 Å². The molecule has 1 heterocycles. The Morgan fingerprint density at radius 1 is 1.15 bits per heavy atom. The number of anilines is 2. The number of amides is 3. The third-order valence-corrected chi connectivity index (χ3v) is 4.63. The number of rotatable bonds is 5. The van der Waals surface area contributed by atoms with Crippen LogP contribution in [-0.2, 0) is 16.0 Å². The van der Waals surface area contributed by atoms with E-state index in [1.54, 1.807) is 38.4 Å². The van der Waals surface area contributed by atoms with Crippen LogP contribution in [0.2, 0.25) is 0 Å². The van der Waals surface area contributed by atoms with Crippen LogP contribution in [0.15, 0.2) is 48.5 Å². The number of para-hydroxylation sites is 1. The molecule has 3 rings (SSSR count). The van der Waals surface area contributed by atoms with Gasteiger partial charge in [-0.1, -0.05) is 24.3 Å². The number of hydrogen-bond donors (Lipinski definition) is 2. The molecule has 0 spiro atoms. The molecule has 1 aliphatic heterocycles. The van der Waals surface area contributed by atoms with Crippen molar-refractivity contribution in [2.45, 2.75) is 19.3 Å². The Kier molecular flexibility index (Phi) is 5.54. The van der Waals surface area contributed by atoms with E-state index in [1.165, 1.54) is 4.90 Å². The number of hydrogen-bond acceptors (Lipinski definition) is 3. The molecular formula is C21H23N3O3. The van der Waals surface area contributed by atoms with Gasteiger partial charge in [0.25, 0.3) is 5.91 Å². The van der Waals surface area contributed by atoms with E-state index in [-0.39, 0.29) is 30.1 Å². The predicted octanol–water partition coefficient (Wildman–Crippen LogP) is 2.92. The van der Waals surface area contributed by atoms with Crippen molar-refractivity contribution in [2.75, 3.05) is 24.7 Å². The largest absolute Gasteiger partial charge is 0.345 e. The van der Waals surface area contributed by atoms with Crippen LogP contribution in [0.1, 0.15) is 28.8 Å². The fraction of sp³-hybridized carbons (Fsp3) is 0.286. The van der Waals surface area contributed by atoms with Crippen molar-refractivity contribution < 1.29 is 14.4 Å². The van der Waals surface area contributed by atoms with Crippen LogP contribution in [-0.4, -0.2) is 36.7 Å².